The van der Waals surface area contributed by atoms with Crippen LogP contribution in [0, 0.1) is 11.8 Å². The van der Waals surface area contributed by atoms with Crippen LogP contribution in [-0.4, -0.2) is 0 Å². The van der Waals surface area contributed by atoms with E-state index in [1.54, 1.807) is 0 Å². The Labute approximate surface area is 58.0 Å². The summed E-state index contributed by atoms with van der Waals surface area (Å²) in [5, 5.41) is 0. The van der Waals surface area contributed by atoms with E-state index in [1.165, 1.54) is 19.3 Å². The third kappa shape index (κ3) is 1.57. The molecule has 1 rings (SSSR count). The standard InChI is InChI=1S/C9H16/c1-3-9-7-5-4-6-8(9)2/h4-5,8-9H,3,6-7H2,1-2H3/t8-,9+/m1/s1. The first-order chi connectivity index (χ1) is 4.34. The molecule has 0 heterocycles. The quantitative estimate of drug-likeness (QED) is 0.471. The first-order valence-electron chi connectivity index (χ1n) is 3.99. The van der Waals surface area contributed by atoms with Crippen molar-refractivity contribution in [1.29, 1.82) is 0 Å². The van der Waals surface area contributed by atoms with Crippen LogP contribution >= 0.6 is 0 Å². The monoisotopic (exact) mass is 124 g/mol. The summed E-state index contributed by atoms with van der Waals surface area (Å²) in [7, 11) is 0. The highest BCUT2D eigenvalue weighted by Gasteiger charge is 2.14. The van der Waals surface area contributed by atoms with Crippen molar-refractivity contribution < 1.29 is 0 Å². The number of allylic oxidation sites excluding steroid dienone is 2. The lowest BCUT2D eigenvalue weighted by Gasteiger charge is -2.23. The molecule has 0 amide bonds. The Morgan fingerprint density at radius 3 is 2.44 bits per heavy atom. The molecule has 9 heavy (non-hydrogen) atoms. The molecular formula is C9H16. The van der Waals surface area contributed by atoms with Crippen LogP contribution in [0.15, 0.2) is 12.2 Å². The van der Waals surface area contributed by atoms with Gasteiger partial charge >= 0.3 is 0 Å². The molecule has 0 aromatic carbocycles. The molecule has 1 aliphatic rings. The van der Waals surface area contributed by atoms with Gasteiger partial charge in [-0.1, -0.05) is 32.4 Å². The van der Waals surface area contributed by atoms with Crippen LogP contribution in [-0.2, 0) is 0 Å². The maximum Gasteiger partial charge on any atom is -0.0320 e. The van der Waals surface area contributed by atoms with Crippen LogP contribution in [0.25, 0.3) is 0 Å². The Hall–Kier alpha value is -0.260. The molecular weight excluding hydrogens is 108 g/mol. The molecule has 1 aliphatic carbocycles. The normalized spacial score (nSPS) is 34.9. The molecule has 0 nitrogen and oxygen atoms in total. The van der Waals surface area contributed by atoms with Gasteiger partial charge < -0.3 is 0 Å². The van der Waals surface area contributed by atoms with E-state index in [0.717, 1.165) is 11.8 Å². The number of rotatable bonds is 1. The summed E-state index contributed by atoms with van der Waals surface area (Å²) >= 11 is 0. The Balaban J connectivity index is 2.43. The molecule has 0 saturated heterocycles. The molecule has 0 radical (unpaired) electrons. The molecule has 0 heteroatoms. The molecule has 0 saturated carbocycles. The van der Waals surface area contributed by atoms with Gasteiger partial charge in [0.25, 0.3) is 0 Å². The van der Waals surface area contributed by atoms with Crippen LogP contribution < -0.4 is 0 Å². The second-order valence-electron chi connectivity index (χ2n) is 3.09. The van der Waals surface area contributed by atoms with Crippen LogP contribution in [0.4, 0.5) is 0 Å². The maximum atomic E-state index is 2.36. The summed E-state index contributed by atoms with van der Waals surface area (Å²) in [6.07, 6.45) is 8.62. The average molecular weight is 124 g/mol. The Morgan fingerprint density at radius 2 is 2.00 bits per heavy atom. The fourth-order valence-corrected chi connectivity index (χ4v) is 1.58. The van der Waals surface area contributed by atoms with E-state index in [1.807, 2.05) is 0 Å². The fraction of sp³-hybridized carbons (Fsp3) is 0.778. The van der Waals surface area contributed by atoms with Gasteiger partial charge in [0.05, 0.1) is 0 Å². The molecule has 2 atom stereocenters. The lowest BCUT2D eigenvalue weighted by atomic mass is 9.83. The SMILES string of the molecule is CC[C@H]1CC=CC[C@H]1C. The topological polar surface area (TPSA) is 0 Å². The van der Waals surface area contributed by atoms with E-state index in [0.29, 0.717) is 0 Å². The van der Waals surface area contributed by atoms with Crippen molar-refractivity contribution in [1.82, 2.24) is 0 Å². The van der Waals surface area contributed by atoms with Gasteiger partial charge in [-0.05, 0) is 24.7 Å². The largest absolute Gasteiger partial charge is 0.0883 e. The summed E-state index contributed by atoms with van der Waals surface area (Å²) < 4.78 is 0. The summed E-state index contributed by atoms with van der Waals surface area (Å²) in [5.41, 5.74) is 0. The van der Waals surface area contributed by atoms with Gasteiger partial charge in [0.2, 0.25) is 0 Å². The van der Waals surface area contributed by atoms with Crippen molar-refractivity contribution in [3.8, 4) is 0 Å². The molecule has 52 valence electrons. The van der Waals surface area contributed by atoms with Crippen LogP contribution in [0.2, 0.25) is 0 Å². The third-order valence-corrected chi connectivity index (χ3v) is 2.44. The van der Waals surface area contributed by atoms with E-state index in [-0.39, 0.29) is 0 Å². The van der Waals surface area contributed by atoms with Gasteiger partial charge in [0.15, 0.2) is 0 Å². The highest BCUT2D eigenvalue weighted by molar-refractivity contribution is 4.92. The minimum Gasteiger partial charge on any atom is -0.0883 e. The smallest absolute Gasteiger partial charge is 0.0320 e. The Bertz CT molecular complexity index is 103. The second kappa shape index (κ2) is 3.05. The van der Waals surface area contributed by atoms with Crippen molar-refractivity contribution >= 4 is 0 Å². The maximum absolute atomic E-state index is 2.36. The molecule has 0 aromatic rings. The molecule has 0 unspecified atom stereocenters. The summed E-state index contributed by atoms with van der Waals surface area (Å²) in [4.78, 5) is 0. The van der Waals surface area contributed by atoms with E-state index < -0.39 is 0 Å². The molecule has 0 fully saturated rings. The first kappa shape index (κ1) is 6.85. The predicted octanol–water partition coefficient (Wildman–Crippen LogP) is 3.00. The third-order valence-electron chi connectivity index (χ3n) is 2.44. The molecule has 0 aliphatic heterocycles. The van der Waals surface area contributed by atoms with Crippen molar-refractivity contribution in [2.45, 2.75) is 33.1 Å². The zero-order valence-electron chi connectivity index (χ0n) is 6.43. The summed E-state index contributed by atoms with van der Waals surface area (Å²) in [5.74, 6) is 1.90. The lowest BCUT2D eigenvalue weighted by molar-refractivity contribution is 0.339. The van der Waals surface area contributed by atoms with E-state index in [9.17, 15) is 0 Å². The Kier molecular flexibility index (Phi) is 2.32. The zero-order chi connectivity index (χ0) is 6.69. The van der Waals surface area contributed by atoms with Crippen molar-refractivity contribution in [3.05, 3.63) is 12.2 Å². The van der Waals surface area contributed by atoms with E-state index in [2.05, 4.69) is 26.0 Å². The van der Waals surface area contributed by atoms with Gasteiger partial charge in [0, 0.05) is 0 Å². The lowest BCUT2D eigenvalue weighted by Crippen LogP contribution is -2.11. The van der Waals surface area contributed by atoms with Crippen molar-refractivity contribution in [3.63, 3.8) is 0 Å². The summed E-state index contributed by atoms with van der Waals surface area (Å²) in [6.45, 7) is 4.65. The molecule has 0 N–H and O–H groups in total. The average Bonchev–Trinajstić information content (AvgIpc) is 1.89. The fourth-order valence-electron chi connectivity index (χ4n) is 1.58. The Morgan fingerprint density at radius 1 is 1.33 bits per heavy atom. The van der Waals surface area contributed by atoms with Gasteiger partial charge in [0.1, 0.15) is 0 Å². The zero-order valence-corrected chi connectivity index (χ0v) is 6.43. The van der Waals surface area contributed by atoms with Gasteiger partial charge in [-0.25, -0.2) is 0 Å². The highest BCUT2D eigenvalue weighted by Crippen LogP contribution is 2.26. The minimum atomic E-state index is 0.931. The number of hydrogen-bond donors (Lipinski definition) is 0. The first-order valence-corrected chi connectivity index (χ1v) is 3.99. The predicted molar refractivity (Wildman–Crippen MR) is 41.3 cm³/mol. The molecule has 0 bridgehead atoms. The van der Waals surface area contributed by atoms with E-state index in [4.69, 9.17) is 0 Å². The van der Waals surface area contributed by atoms with Gasteiger partial charge in [-0.3, -0.25) is 0 Å². The van der Waals surface area contributed by atoms with Crippen molar-refractivity contribution in [2.24, 2.45) is 11.8 Å². The molecule has 0 spiro atoms. The second-order valence-corrected chi connectivity index (χ2v) is 3.09. The minimum absolute atomic E-state index is 0.931. The van der Waals surface area contributed by atoms with Crippen LogP contribution in [0.5, 0.6) is 0 Å². The van der Waals surface area contributed by atoms with E-state index >= 15 is 0 Å². The van der Waals surface area contributed by atoms with Crippen LogP contribution in [0.1, 0.15) is 33.1 Å². The molecule has 0 aromatic heterocycles. The van der Waals surface area contributed by atoms with Gasteiger partial charge in [-0.2, -0.15) is 0 Å². The van der Waals surface area contributed by atoms with Crippen molar-refractivity contribution in [2.75, 3.05) is 0 Å². The van der Waals surface area contributed by atoms with Crippen LogP contribution in [0.3, 0.4) is 0 Å². The number of hydrogen-bond acceptors (Lipinski definition) is 0. The summed E-state index contributed by atoms with van der Waals surface area (Å²) in [6, 6.07) is 0. The highest BCUT2D eigenvalue weighted by atomic mass is 14.2. The van der Waals surface area contributed by atoms with Gasteiger partial charge in [-0.15, -0.1) is 0 Å².